The molecule has 2 saturated heterocycles. The van der Waals surface area contributed by atoms with Gasteiger partial charge in [0.25, 0.3) is 0 Å². The molecule has 0 unspecified atom stereocenters. The van der Waals surface area contributed by atoms with Crippen molar-refractivity contribution in [1.82, 2.24) is 9.80 Å². The zero-order chi connectivity index (χ0) is 25.4. The van der Waals surface area contributed by atoms with Crippen LogP contribution in [0.25, 0.3) is 11.1 Å². The van der Waals surface area contributed by atoms with Crippen LogP contribution in [0.3, 0.4) is 0 Å². The molecule has 2 fully saturated rings. The summed E-state index contributed by atoms with van der Waals surface area (Å²) in [4.78, 5) is 32.6. The number of nitrogens with zero attached hydrogens (tertiary/aromatic N) is 2. The van der Waals surface area contributed by atoms with Crippen molar-refractivity contribution in [2.75, 3.05) is 39.9 Å². The fourth-order valence-electron chi connectivity index (χ4n) is 5.06. The van der Waals surface area contributed by atoms with E-state index in [9.17, 15) is 9.18 Å². The normalized spacial score (nSPS) is 17.0. The quantitative estimate of drug-likeness (QED) is 0.588. The standard InChI is InChI=1S/C26H33FN2O3.CO2/c1-4-31-22-14-19(15-23(32-5-2)25(22)20-6-8-21(27)9-7-20)17-29-12-10-26(11-13-29)16-24(30)28(3)18-26;2-1-3/h6-9,14-15H,4-5,10-13,16-18H2,1-3H3;. The van der Waals surface area contributed by atoms with Gasteiger partial charge in [0.2, 0.25) is 5.91 Å². The predicted molar refractivity (Wildman–Crippen MR) is 128 cm³/mol. The second kappa shape index (κ2) is 12.0. The van der Waals surface area contributed by atoms with Gasteiger partial charge in [-0.25, -0.2) is 4.39 Å². The van der Waals surface area contributed by atoms with E-state index in [0.717, 1.165) is 67.2 Å². The minimum atomic E-state index is -0.265. The average molecular weight is 485 g/mol. The van der Waals surface area contributed by atoms with Gasteiger partial charge in [-0.2, -0.15) is 9.59 Å². The van der Waals surface area contributed by atoms with Crippen LogP contribution in [0.2, 0.25) is 0 Å². The molecule has 0 aromatic heterocycles. The van der Waals surface area contributed by atoms with Crippen LogP contribution >= 0.6 is 0 Å². The van der Waals surface area contributed by atoms with Gasteiger partial charge in [0.05, 0.1) is 18.8 Å². The monoisotopic (exact) mass is 484 g/mol. The highest BCUT2D eigenvalue weighted by Gasteiger charge is 2.43. The highest BCUT2D eigenvalue weighted by Crippen LogP contribution is 2.42. The molecule has 0 aliphatic carbocycles. The second-order valence-electron chi connectivity index (χ2n) is 9.13. The molecule has 2 aromatic rings. The first-order valence-electron chi connectivity index (χ1n) is 12.0. The number of likely N-dealkylation sites (tertiary alicyclic amines) is 2. The summed E-state index contributed by atoms with van der Waals surface area (Å²) >= 11 is 0. The molecule has 2 aromatic carbocycles. The number of halogens is 1. The minimum Gasteiger partial charge on any atom is -0.493 e. The van der Waals surface area contributed by atoms with Crippen molar-refractivity contribution < 1.29 is 28.2 Å². The number of piperidine rings is 1. The van der Waals surface area contributed by atoms with Gasteiger partial charge in [-0.15, -0.1) is 0 Å². The van der Waals surface area contributed by atoms with Gasteiger partial charge in [-0.05, 0) is 80.6 Å². The average Bonchev–Trinajstić information content (AvgIpc) is 3.10. The molecule has 4 rings (SSSR count). The fraction of sp³-hybridized carbons (Fsp3) is 0.481. The number of rotatable bonds is 7. The van der Waals surface area contributed by atoms with Gasteiger partial charge in [-0.1, -0.05) is 12.1 Å². The maximum Gasteiger partial charge on any atom is 0.373 e. The summed E-state index contributed by atoms with van der Waals surface area (Å²) in [5.74, 6) is 1.53. The molecule has 0 radical (unpaired) electrons. The van der Waals surface area contributed by atoms with Crippen molar-refractivity contribution in [2.24, 2.45) is 5.41 Å². The number of ether oxygens (including phenoxy) is 2. The fourth-order valence-corrected chi connectivity index (χ4v) is 5.06. The lowest BCUT2D eigenvalue weighted by Gasteiger charge is -2.38. The van der Waals surface area contributed by atoms with Gasteiger partial charge < -0.3 is 14.4 Å². The summed E-state index contributed by atoms with van der Waals surface area (Å²) in [5.41, 5.74) is 3.03. The van der Waals surface area contributed by atoms with Crippen molar-refractivity contribution in [1.29, 1.82) is 0 Å². The summed E-state index contributed by atoms with van der Waals surface area (Å²) in [7, 11) is 1.91. The molecule has 0 atom stereocenters. The Morgan fingerprint density at radius 1 is 1.00 bits per heavy atom. The number of benzene rings is 2. The first-order chi connectivity index (χ1) is 16.8. The summed E-state index contributed by atoms with van der Waals surface area (Å²) in [6, 6.07) is 10.6. The van der Waals surface area contributed by atoms with Crippen LogP contribution in [0.4, 0.5) is 4.39 Å². The molecule has 8 heteroatoms. The molecule has 0 N–H and O–H groups in total. The molecule has 2 aliphatic rings. The number of hydrogen-bond acceptors (Lipinski definition) is 6. The van der Waals surface area contributed by atoms with Crippen molar-refractivity contribution >= 4 is 12.1 Å². The van der Waals surface area contributed by atoms with Crippen LogP contribution in [0.5, 0.6) is 11.5 Å². The Kier molecular flexibility index (Phi) is 9.01. The maximum atomic E-state index is 13.5. The molecule has 7 nitrogen and oxygen atoms in total. The number of hydrogen-bond donors (Lipinski definition) is 0. The van der Waals surface area contributed by atoms with E-state index in [0.29, 0.717) is 19.6 Å². The zero-order valence-electron chi connectivity index (χ0n) is 20.6. The van der Waals surface area contributed by atoms with Crippen molar-refractivity contribution in [3.05, 3.63) is 47.8 Å². The molecule has 188 valence electrons. The molecule has 1 amide bonds. The van der Waals surface area contributed by atoms with Gasteiger partial charge in [0.1, 0.15) is 17.3 Å². The van der Waals surface area contributed by atoms with Crippen molar-refractivity contribution in [2.45, 2.75) is 39.7 Å². The van der Waals surface area contributed by atoms with E-state index in [-0.39, 0.29) is 23.3 Å². The topological polar surface area (TPSA) is 76.2 Å². The van der Waals surface area contributed by atoms with Gasteiger partial charge in [-0.3, -0.25) is 9.69 Å². The highest BCUT2D eigenvalue weighted by molar-refractivity contribution is 5.79. The molecule has 2 heterocycles. The zero-order valence-corrected chi connectivity index (χ0v) is 20.6. The lowest BCUT2D eigenvalue weighted by atomic mass is 9.77. The molecule has 2 aliphatic heterocycles. The predicted octanol–water partition coefficient (Wildman–Crippen LogP) is 4.15. The molecule has 0 saturated carbocycles. The van der Waals surface area contributed by atoms with Crippen LogP contribution in [-0.2, 0) is 20.9 Å². The SMILES string of the molecule is CCOc1cc(CN2CCC3(CC2)CC(=O)N(C)C3)cc(OCC)c1-c1ccc(F)cc1.O=C=O. The van der Waals surface area contributed by atoms with Crippen molar-refractivity contribution in [3.8, 4) is 22.6 Å². The van der Waals surface area contributed by atoms with E-state index in [2.05, 4.69) is 17.0 Å². The summed E-state index contributed by atoms with van der Waals surface area (Å²) in [6.45, 7) is 8.66. The third kappa shape index (κ3) is 6.47. The van der Waals surface area contributed by atoms with Crippen LogP contribution in [-0.4, -0.2) is 61.8 Å². The molecule has 35 heavy (non-hydrogen) atoms. The second-order valence-corrected chi connectivity index (χ2v) is 9.13. The Morgan fingerprint density at radius 3 is 2.00 bits per heavy atom. The third-order valence-corrected chi connectivity index (χ3v) is 6.71. The van der Waals surface area contributed by atoms with E-state index >= 15 is 0 Å². The molecular weight excluding hydrogens is 451 g/mol. The summed E-state index contributed by atoms with van der Waals surface area (Å²) < 4.78 is 25.5. The lowest BCUT2D eigenvalue weighted by molar-refractivity contribution is -0.191. The van der Waals surface area contributed by atoms with Crippen LogP contribution in [0, 0.1) is 11.2 Å². The van der Waals surface area contributed by atoms with E-state index in [4.69, 9.17) is 19.1 Å². The Hall–Kier alpha value is -3.22. The van der Waals surface area contributed by atoms with Gasteiger partial charge in [0, 0.05) is 26.6 Å². The van der Waals surface area contributed by atoms with Gasteiger partial charge in [0.15, 0.2) is 0 Å². The smallest absolute Gasteiger partial charge is 0.373 e. The Balaban J connectivity index is 0.00000108. The Morgan fingerprint density at radius 2 is 1.54 bits per heavy atom. The maximum absolute atomic E-state index is 13.5. The molecule has 0 bridgehead atoms. The molecular formula is C27H33FN2O5. The highest BCUT2D eigenvalue weighted by atomic mass is 19.1. The summed E-state index contributed by atoms with van der Waals surface area (Å²) in [6.07, 6.45) is 3.04. The Bertz CT molecular complexity index is 1020. The van der Waals surface area contributed by atoms with Crippen molar-refractivity contribution in [3.63, 3.8) is 0 Å². The van der Waals surface area contributed by atoms with E-state index in [1.54, 1.807) is 12.1 Å². The first-order valence-corrected chi connectivity index (χ1v) is 12.0. The van der Waals surface area contributed by atoms with E-state index in [1.165, 1.54) is 12.1 Å². The molecule has 1 spiro atoms. The van der Waals surface area contributed by atoms with Crippen LogP contribution < -0.4 is 9.47 Å². The Labute approximate surface area is 205 Å². The number of carbonyl (C=O) groups excluding carboxylic acids is 3. The lowest BCUT2D eigenvalue weighted by Crippen LogP contribution is -2.40. The van der Waals surface area contributed by atoms with E-state index in [1.807, 2.05) is 25.8 Å². The van der Waals surface area contributed by atoms with Crippen LogP contribution in [0.15, 0.2) is 36.4 Å². The largest absolute Gasteiger partial charge is 0.493 e. The number of carbonyl (C=O) groups is 1. The van der Waals surface area contributed by atoms with Crippen LogP contribution in [0.1, 0.15) is 38.7 Å². The minimum absolute atomic E-state index is 0.155. The van der Waals surface area contributed by atoms with Gasteiger partial charge >= 0.3 is 6.15 Å². The summed E-state index contributed by atoms with van der Waals surface area (Å²) in [5, 5.41) is 0. The van der Waals surface area contributed by atoms with E-state index < -0.39 is 0 Å². The third-order valence-electron chi connectivity index (χ3n) is 6.71. The number of amides is 1. The first kappa shape index (κ1) is 26.4.